The lowest BCUT2D eigenvalue weighted by Gasteiger charge is -2.16. The van der Waals surface area contributed by atoms with Crippen LogP contribution in [0, 0.1) is 18.6 Å². The van der Waals surface area contributed by atoms with E-state index in [1.165, 1.54) is 39.8 Å². The highest BCUT2D eigenvalue weighted by Gasteiger charge is 2.21. The molecule has 0 radical (unpaired) electrons. The Morgan fingerprint density at radius 3 is 2.55 bits per heavy atom. The largest absolute Gasteiger partial charge is 0.505 e. The van der Waals surface area contributed by atoms with Crippen LogP contribution in [0.2, 0.25) is 0 Å². The van der Waals surface area contributed by atoms with Gasteiger partial charge >= 0.3 is 0 Å². The fourth-order valence-corrected chi connectivity index (χ4v) is 4.75. The van der Waals surface area contributed by atoms with Crippen LogP contribution in [-0.4, -0.2) is 29.4 Å². The van der Waals surface area contributed by atoms with Crippen LogP contribution in [0.25, 0.3) is 38.8 Å². The number of aryl methyl sites for hydroxylation is 1. The lowest BCUT2D eigenvalue weighted by molar-refractivity contribution is 0.432. The molecular weight excluding hydrogens is 490 g/mol. The molecule has 38 heavy (non-hydrogen) atoms. The Labute approximate surface area is 214 Å². The first-order valence-corrected chi connectivity index (χ1v) is 11.7. The van der Waals surface area contributed by atoms with Crippen molar-refractivity contribution in [2.75, 3.05) is 5.73 Å². The highest BCUT2D eigenvalue weighted by Crippen LogP contribution is 2.32. The third kappa shape index (κ3) is 3.65. The van der Waals surface area contributed by atoms with Gasteiger partial charge < -0.3 is 10.8 Å². The van der Waals surface area contributed by atoms with E-state index in [4.69, 9.17) is 5.73 Å². The summed E-state index contributed by atoms with van der Waals surface area (Å²) in [6.45, 7) is 1.85. The van der Waals surface area contributed by atoms with E-state index in [1.54, 1.807) is 12.1 Å². The third-order valence-electron chi connectivity index (χ3n) is 6.52. The van der Waals surface area contributed by atoms with Crippen molar-refractivity contribution >= 4 is 27.6 Å². The number of aromatic hydroxyl groups is 1. The average Bonchev–Trinajstić information content (AvgIpc) is 3.26. The molecule has 0 atom stereocenters. The number of fused-ring (bicyclic) bond motifs is 2. The molecule has 8 nitrogen and oxygen atoms in total. The van der Waals surface area contributed by atoms with Crippen LogP contribution < -0.4 is 11.3 Å². The maximum Gasteiger partial charge on any atom is 0.263 e. The maximum absolute atomic E-state index is 15.0. The summed E-state index contributed by atoms with van der Waals surface area (Å²) in [5, 5.41) is 15.9. The van der Waals surface area contributed by atoms with Crippen molar-refractivity contribution in [1.82, 2.24) is 24.3 Å². The van der Waals surface area contributed by atoms with Gasteiger partial charge in [-0.25, -0.2) is 23.4 Å². The number of nitrogens with zero attached hydrogens (tertiary/aromatic N) is 5. The zero-order valence-electron chi connectivity index (χ0n) is 20.1. The number of nitrogens with two attached hydrogens (primary N) is 1. The molecule has 0 fully saturated rings. The minimum absolute atomic E-state index is 0.0149. The van der Waals surface area contributed by atoms with Gasteiger partial charge in [-0.1, -0.05) is 30.3 Å². The second kappa shape index (κ2) is 8.77. The van der Waals surface area contributed by atoms with Crippen LogP contribution in [0.5, 0.6) is 5.75 Å². The molecule has 0 aliphatic heterocycles. The van der Waals surface area contributed by atoms with Crippen LogP contribution >= 0.6 is 0 Å². The van der Waals surface area contributed by atoms with Crippen LogP contribution in [-0.2, 0) is 6.54 Å². The summed E-state index contributed by atoms with van der Waals surface area (Å²) in [6.07, 6.45) is 1.28. The maximum atomic E-state index is 15.0. The first-order chi connectivity index (χ1) is 18.3. The number of pyridine rings is 1. The molecule has 3 N–H and O–H groups in total. The number of aromatic nitrogens is 5. The van der Waals surface area contributed by atoms with Gasteiger partial charge in [0.1, 0.15) is 23.7 Å². The number of anilines is 1. The zero-order chi connectivity index (χ0) is 26.6. The van der Waals surface area contributed by atoms with E-state index in [0.717, 1.165) is 11.6 Å². The zero-order valence-corrected chi connectivity index (χ0v) is 20.1. The Hall–Kier alpha value is -5.12. The second-order valence-corrected chi connectivity index (χ2v) is 8.90. The summed E-state index contributed by atoms with van der Waals surface area (Å²) in [7, 11) is 0. The van der Waals surface area contributed by atoms with E-state index in [0.29, 0.717) is 38.8 Å². The Morgan fingerprint density at radius 1 is 0.947 bits per heavy atom. The number of rotatable bonds is 4. The van der Waals surface area contributed by atoms with Gasteiger partial charge in [0.2, 0.25) is 0 Å². The second-order valence-electron chi connectivity index (χ2n) is 8.90. The normalized spacial score (nSPS) is 11.4. The van der Waals surface area contributed by atoms with Crippen molar-refractivity contribution in [3.63, 3.8) is 0 Å². The number of halogens is 2. The smallest absolute Gasteiger partial charge is 0.263 e. The monoisotopic (exact) mass is 510 g/mol. The van der Waals surface area contributed by atoms with Crippen molar-refractivity contribution in [2.45, 2.75) is 13.5 Å². The molecule has 3 aromatic heterocycles. The Morgan fingerprint density at radius 2 is 1.76 bits per heavy atom. The molecule has 0 aliphatic rings. The van der Waals surface area contributed by atoms with Gasteiger partial charge in [0, 0.05) is 11.3 Å². The fourth-order valence-electron chi connectivity index (χ4n) is 4.75. The molecule has 0 amide bonds. The molecule has 0 bridgehead atoms. The summed E-state index contributed by atoms with van der Waals surface area (Å²) in [6, 6.07) is 17.2. The van der Waals surface area contributed by atoms with Gasteiger partial charge in [0.25, 0.3) is 5.56 Å². The average molecular weight is 511 g/mol. The Kier molecular flexibility index (Phi) is 5.37. The molecule has 6 aromatic rings. The summed E-state index contributed by atoms with van der Waals surface area (Å²) < 4.78 is 32.1. The number of para-hydroxylation sites is 1. The summed E-state index contributed by atoms with van der Waals surface area (Å²) in [5.74, 6) is -1.74. The molecule has 0 aliphatic carbocycles. The molecule has 0 spiro atoms. The minimum atomic E-state index is -0.820. The quantitative estimate of drug-likeness (QED) is 0.355. The number of phenols is 1. The molecule has 188 valence electrons. The van der Waals surface area contributed by atoms with Crippen LogP contribution in [0.15, 0.2) is 77.9 Å². The van der Waals surface area contributed by atoms with Crippen molar-refractivity contribution in [2.24, 2.45) is 0 Å². The molecule has 0 unspecified atom stereocenters. The predicted molar refractivity (Wildman–Crippen MR) is 140 cm³/mol. The van der Waals surface area contributed by atoms with Gasteiger partial charge in [-0.2, -0.15) is 5.10 Å². The van der Waals surface area contributed by atoms with Crippen molar-refractivity contribution in [3.8, 4) is 22.7 Å². The Bertz CT molecular complexity index is 1950. The van der Waals surface area contributed by atoms with E-state index in [2.05, 4.69) is 15.1 Å². The molecule has 10 heteroatoms. The third-order valence-corrected chi connectivity index (χ3v) is 6.52. The highest BCUT2D eigenvalue weighted by molar-refractivity contribution is 5.98. The SMILES string of the molecule is Cc1cccc2cc(Cn3nc(-c4ccc(O)c(F)c4)c4c(N)ncnc43)n(-c3ccccc3F)c(=O)c12. The van der Waals surface area contributed by atoms with Gasteiger partial charge in [0.05, 0.1) is 23.0 Å². The van der Waals surface area contributed by atoms with Crippen LogP contribution in [0.3, 0.4) is 0 Å². The summed E-state index contributed by atoms with van der Waals surface area (Å²) in [4.78, 5) is 22.2. The van der Waals surface area contributed by atoms with Gasteiger partial charge in [-0.15, -0.1) is 0 Å². The van der Waals surface area contributed by atoms with Gasteiger partial charge in [-0.05, 0) is 54.3 Å². The summed E-state index contributed by atoms with van der Waals surface area (Å²) >= 11 is 0. The number of phenolic OH excluding ortho intramolecular Hbond substituents is 1. The van der Waals surface area contributed by atoms with Crippen molar-refractivity contribution in [1.29, 1.82) is 0 Å². The Balaban J connectivity index is 1.62. The first kappa shape index (κ1) is 23.3. The van der Waals surface area contributed by atoms with Crippen LogP contribution in [0.1, 0.15) is 11.3 Å². The first-order valence-electron chi connectivity index (χ1n) is 11.7. The molecule has 0 saturated heterocycles. The molecular formula is C28H20F2N6O2. The van der Waals surface area contributed by atoms with E-state index in [9.17, 15) is 14.3 Å². The standard InChI is InChI=1S/C28H20F2N6O2/c1-15-5-4-6-16-11-18(36(28(38)23(15)16)21-8-3-2-7-19(21)29)13-35-27-24(26(31)32-14-33-27)25(34-35)17-9-10-22(37)20(30)12-17/h2-12,14,37H,13H2,1H3,(H2,31,32,33). The minimum Gasteiger partial charge on any atom is -0.505 e. The van der Waals surface area contributed by atoms with Crippen molar-refractivity contribution < 1.29 is 13.9 Å². The lowest BCUT2D eigenvalue weighted by atomic mass is 10.1. The molecule has 3 aromatic carbocycles. The summed E-state index contributed by atoms with van der Waals surface area (Å²) in [5.41, 5.74) is 8.12. The lowest BCUT2D eigenvalue weighted by Crippen LogP contribution is -2.25. The number of hydrogen-bond donors (Lipinski definition) is 2. The predicted octanol–water partition coefficient (Wildman–Crippen LogP) is 4.72. The van der Waals surface area contributed by atoms with E-state index in [1.807, 2.05) is 31.2 Å². The van der Waals surface area contributed by atoms with Gasteiger partial charge in [0.15, 0.2) is 17.2 Å². The van der Waals surface area contributed by atoms with E-state index >= 15 is 4.39 Å². The van der Waals surface area contributed by atoms with E-state index in [-0.39, 0.29) is 23.6 Å². The van der Waals surface area contributed by atoms with E-state index < -0.39 is 17.4 Å². The fraction of sp³-hybridized carbons (Fsp3) is 0.0714. The van der Waals surface area contributed by atoms with Crippen molar-refractivity contribution in [3.05, 3.63) is 106 Å². The topological polar surface area (TPSA) is 112 Å². The number of nitrogen functional groups attached to an aromatic ring is 1. The van der Waals surface area contributed by atoms with Gasteiger partial charge in [-0.3, -0.25) is 9.36 Å². The number of benzene rings is 3. The molecule has 0 saturated carbocycles. The number of hydrogen-bond acceptors (Lipinski definition) is 6. The molecule has 6 rings (SSSR count). The molecule has 3 heterocycles. The van der Waals surface area contributed by atoms with Crippen LogP contribution in [0.4, 0.5) is 14.6 Å². The highest BCUT2D eigenvalue weighted by atomic mass is 19.1.